The Labute approximate surface area is 159 Å². The molecule has 3 heterocycles. The van der Waals surface area contributed by atoms with E-state index in [2.05, 4.69) is 15.1 Å². The van der Waals surface area contributed by atoms with Crippen molar-refractivity contribution in [3.8, 4) is 16.9 Å². The first-order chi connectivity index (χ1) is 13.7. The number of alkyl halides is 3. The smallest absolute Gasteiger partial charge is 0.327 e. The summed E-state index contributed by atoms with van der Waals surface area (Å²) in [4.78, 5) is 19.8. The van der Waals surface area contributed by atoms with Crippen molar-refractivity contribution in [3.05, 3.63) is 70.8 Å². The zero-order chi connectivity index (χ0) is 21.2. The lowest BCUT2D eigenvalue weighted by Gasteiger charge is -2.07. The molecular formula is C17H13F5N6O. The van der Waals surface area contributed by atoms with Gasteiger partial charge in [0.15, 0.2) is 0 Å². The molecule has 0 saturated carbocycles. The SMILES string of the molecule is NCC(Cn1ncn(-c2cc(-c3ccc(C(F)(F)F)nc3)ccn2)c1=O)=C(F)F. The first kappa shape index (κ1) is 20.3. The van der Waals surface area contributed by atoms with Crippen LogP contribution < -0.4 is 11.4 Å². The highest BCUT2D eigenvalue weighted by molar-refractivity contribution is 5.63. The van der Waals surface area contributed by atoms with Crippen molar-refractivity contribution in [2.24, 2.45) is 5.73 Å². The first-order valence-corrected chi connectivity index (χ1v) is 8.08. The second-order valence-corrected chi connectivity index (χ2v) is 5.84. The fraction of sp³-hybridized carbons (Fsp3) is 0.176. The molecule has 0 atom stereocenters. The lowest BCUT2D eigenvalue weighted by molar-refractivity contribution is -0.141. The Morgan fingerprint density at radius 3 is 2.45 bits per heavy atom. The average Bonchev–Trinajstić information content (AvgIpc) is 3.05. The molecule has 0 amide bonds. The summed E-state index contributed by atoms with van der Waals surface area (Å²) >= 11 is 0. The summed E-state index contributed by atoms with van der Waals surface area (Å²) in [7, 11) is 0. The van der Waals surface area contributed by atoms with Crippen molar-refractivity contribution in [2.75, 3.05) is 6.54 Å². The van der Waals surface area contributed by atoms with E-state index < -0.39 is 42.3 Å². The zero-order valence-electron chi connectivity index (χ0n) is 14.6. The Morgan fingerprint density at radius 1 is 1.10 bits per heavy atom. The van der Waals surface area contributed by atoms with Gasteiger partial charge in [-0.1, -0.05) is 6.07 Å². The molecule has 0 bridgehead atoms. The number of aromatic nitrogens is 5. The average molecular weight is 412 g/mol. The second-order valence-electron chi connectivity index (χ2n) is 5.84. The van der Waals surface area contributed by atoms with E-state index in [4.69, 9.17) is 5.73 Å². The van der Waals surface area contributed by atoms with Crippen LogP contribution in [0.5, 0.6) is 0 Å². The minimum Gasteiger partial charge on any atom is -0.327 e. The van der Waals surface area contributed by atoms with Gasteiger partial charge < -0.3 is 5.73 Å². The van der Waals surface area contributed by atoms with Gasteiger partial charge in [-0.05, 0) is 23.8 Å². The largest absolute Gasteiger partial charge is 0.433 e. The molecule has 0 saturated heterocycles. The molecule has 2 N–H and O–H groups in total. The summed E-state index contributed by atoms with van der Waals surface area (Å²) in [5.41, 5.74) is 3.86. The van der Waals surface area contributed by atoms with Gasteiger partial charge in [0.25, 0.3) is 6.08 Å². The van der Waals surface area contributed by atoms with Crippen LogP contribution in [-0.2, 0) is 12.7 Å². The molecule has 0 fully saturated rings. The molecule has 0 aliphatic heterocycles. The molecule has 3 rings (SSSR count). The maximum Gasteiger partial charge on any atom is 0.433 e. The molecule has 12 heteroatoms. The molecule has 0 unspecified atom stereocenters. The van der Waals surface area contributed by atoms with Gasteiger partial charge in [-0.25, -0.2) is 19.0 Å². The van der Waals surface area contributed by atoms with Crippen molar-refractivity contribution >= 4 is 0 Å². The number of nitrogens with two attached hydrogens (primary N) is 1. The molecule has 0 aliphatic rings. The van der Waals surface area contributed by atoms with Crippen LogP contribution in [0.4, 0.5) is 22.0 Å². The third-order valence-corrected chi connectivity index (χ3v) is 3.97. The van der Waals surface area contributed by atoms with Gasteiger partial charge in [0.2, 0.25) is 0 Å². The minimum absolute atomic E-state index is 0.109. The highest BCUT2D eigenvalue weighted by atomic mass is 19.4. The predicted molar refractivity (Wildman–Crippen MR) is 92.1 cm³/mol. The molecule has 29 heavy (non-hydrogen) atoms. The van der Waals surface area contributed by atoms with E-state index in [9.17, 15) is 26.7 Å². The molecule has 3 aromatic heterocycles. The standard InChI is InChI=1S/C17H13F5N6O/c18-15(19)12(6-23)8-28-16(29)27(9-26-28)14-5-10(3-4-24-14)11-1-2-13(25-7-11)17(20,21)22/h1-5,7,9H,6,8,23H2. The number of hydrogen-bond donors (Lipinski definition) is 1. The normalized spacial score (nSPS) is 11.5. The van der Waals surface area contributed by atoms with E-state index in [0.717, 1.165) is 27.8 Å². The Kier molecular flexibility index (Phi) is 5.55. The molecule has 0 aliphatic carbocycles. The van der Waals surface area contributed by atoms with Crippen LogP contribution >= 0.6 is 0 Å². The van der Waals surface area contributed by atoms with Crippen molar-refractivity contribution in [2.45, 2.75) is 12.7 Å². The number of pyridine rings is 2. The molecule has 0 radical (unpaired) electrons. The van der Waals surface area contributed by atoms with Gasteiger partial charge in [0.05, 0.1) is 6.54 Å². The second kappa shape index (κ2) is 7.91. The topological polar surface area (TPSA) is 91.6 Å². The fourth-order valence-corrected chi connectivity index (χ4v) is 2.45. The van der Waals surface area contributed by atoms with Crippen LogP contribution in [0.1, 0.15) is 5.69 Å². The maximum absolute atomic E-state index is 12.8. The van der Waals surface area contributed by atoms with Crippen molar-refractivity contribution in [3.63, 3.8) is 0 Å². The molecule has 0 spiro atoms. The van der Waals surface area contributed by atoms with Crippen LogP contribution in [0.15, 0.2) is 59.4 Å². The van der Waals surface area contributed by atoms with E-state index in [0.29, 0.717) is 11.1 Å². The van der Waals surface area contributed by atoms with Crippen LogP contribution in [0.2, 0.25) is 0 Å². The van der Waals surface area contributed by atoms with E-state index in [1.807, 2.05) is 0 Å². The zero-order valence-corrected chi connectivity index (χ0v) is 14.6. The summed E-state index contributed by atoms with van der Waals surface area (Å²) in [5.74, 6) is 0.109. The molecule has 3 aromatic rings. The van der Waals surface area contributed by atoms with Crippen molar-refractivity contribution in [1.82, 2.24) is 24.3 Å². The van der Waals surface area contributed by atoms with E-state index in [-0.39, 0.29) is 5.82 Å². The lowest BCUT2D eigenvalue weighted by Crippen LogP contribution is -2.26. The Balaban J connectivity index is 1.93. The quantitative estimate of drug-likeness (QED) is 0.651. The summed E-state index contributed by atoms with van der Waals surface area (Å²) < 4.78 is 65.2. The van der Waals surface area contributed by atoms with Crippen molar-refractivity contribution in [1.29, 1.82) is 0 Å². The number of nitrogens with zero attached hydrogens (tertiary/aromatic N) is 5. The summed E-state index contributed by atoms with van der Waals surface area (Å²) in [6.07, 6.45) is -3.04. The Bertz CT molecular complexity index is 1100. The van der Waals surface area contributed by atoms with Gasteiger partial charge in [-0.15, -0.1) is 0 Å². The van der Waals surface area contributed by atoms with Crippen LogP contribution in [0, 0.1) is 0 Å². The van der Waals surface area contributed by atoms with Crippen LogP contribution in [0.3, 0.4) is 0 Å². The summed E-state index contributed by atoms with van der Waals surface area (Å²) in [6.45, 7) is -0.913. The van der Waals surface area contributed by atoms with Gasteiger partial charge in [-0.2, -0.15) is 27.1 Å². The Hall–Kier alpha value is -3.41. The molecular weight excluding hydrogens is 399 g/mol. The van der Waals surface area contributed by atoms with Gasteiger partial charge in [0.1, 0.15) is 17.8 Å². The fourth-order valence-electron chi connectivity index (χ4n) is 2.45. The summed E-state index contributed by atoms with van der Waals surface area (Å²) in [5, 5.41) is 3.77. The number of halogens is 5. The van der Waals surface area contributed by atoms with Gasteiger partial charge >= 0.3 is 11.9 Å². The third kappa shape index (κ3) is 4.37. The van der Waals surface area contributed by atoms with Gasteiger partial charge in [-0.3, -0.25) is 4.98 Å². The highest BCUT2D eigenvalue weighted by Crippen LogP contribution is 2.29. The molecule has 152 valence electrons. The van der Waals surface area contributed by atoms with E-state index in [1.165, 1.54) is 24.4 Å². The lowest BCUT2D eigenvalue weighted by atomic mass is 10.1. The third-order valence-electron chi connectivity index (χ3n) is 3.97. The maximum atomic E-state index is 12.8. The number of hydrogen-bond acceptors (Lipinski definition) is 5. The van der Waals surface area contributed by atoms with E-state index >= 15 is 0 Å². The molecule has 7 nitrogen and oxygen atoms in total. The minimum atomic E-state index is -4.56. The predicted octanol–water partition coefficient (Wildman–Crippen LogP) is 2.62. The van der Waals surface area contributed by atoms with E-state index in [1.54, 1.807) is 0 Å². The Morgan fingerprint density at radius 2 is 1.86 bits per heavy atom. The van der Waals surface area contributed by atoms with Gasteiger partial charge in [0, 0.05) is 30.1 Å². The van der Waals surface area contributed by atoms with Crippen molar-refractivity contribution < 1.29 is 22.0 Å². The first-order valence-electron chi connectivity index (χ1n) is 8.08. The summed E-state index contributed by atoms with van der Waals surface area (Å²) in [6, 6.07) is 5.04. The monoisotopic (exact) mass is 412 g/mol. The molecule has 0 aromatic carbocycles. The number of rotatable bonds is 5. The van der Waals surface area contributed by atoms with Crippen LogP contribution in [0.25, 0.3) is 16.9 Å². The van der Waals surface area contributed by atoms with Crippen LogP contribution in [-0.4, -0.2) is 30.9 Å². The highest BCUT2D eigenvalue weighted by Gasteiger charge is 2.32.